The third-order valence-electron chi connectivity index (χ3n) is 5.69. The average molecular weight is 534 g/mol. The van der Waals surface area contributed by atoms with Crippen LogP contribution in [0.15, 0.2) is 54.4 Å². The number of methoxy groups -OCH3 is 2. The number of ether oxygens (including phenoxy) is 2. The first-order chi connectivity index (χ1) is 16.7. The average Bonchev–Trinajstić information content (AvgIpc) is 3.11. The van der Waals surface area contributed by atoms with Gasteiger partial charge in [-0.05, 0) is 48.4 Å². The molecule has 2 aromatic carbocycles. The lowest BCUT2D eigenvalue weighted by Crippen LogP contribution is -2.29. The smallest absolute Gasteiger partial charge is 0.300 e. The van der Waals surface area contributed by atoms with Crippen LogP contribution < -0.4 is 14.4 Å². The Hall–Kier alpha value is -3.26. The van der Waals surface area contributed by atoms with Crippen LogP contribution in [0.5, 0.6) is 11.5 Å². The first-order valence-corrected chi connectivity index (χ1v) is 11.4. The van der Waals surface area contributed by atoms with Crippen LogP contribution in [0.4, 0.5) is 5.69 Å². The van der Waals surface area contributed by atoms with E-state index in [0.717, 1.165) is 5.56 Å². The summed E-state index contributed by atoms with van der Waals surface area (Å²) in [6.07, 6.45) is 3.05. The van der Waals surface area contributed by atoms with Crippen molar-refractivity contribution in [1.29, 1.82) is 0 Å². The Labute approximate surface area is 216 Å². The van der Waals surface area contributed by atoms with E-state index in [1.54, 1.807) is 30.3 Å². The van der Waals surface area contributed by atoms with Crippen LogP contribution in [0.3, 0.4) is 0 Å². The van der Waals surface area contributed by atoms with Crippen LogP contribution >= 0.6 is 34.8 Å². The van der Waals surface area contributed by atoms with E-state index < -0.39 is 23.5 Å². The highest BCUT2D eigenvalue weighted by atomic mass is 35.5. The number of aryl methyl sites for hydroxylation is 1. The number of carbonyl (C=O) groups excluding carboxylic acids is 2. The standard InChI is InChI=1S/C25H19Cl3N2O5/c1-12-4-5-14(10-16(12)26)30-20(13-6-8-29-9-7-13)18(22(32)25(30)33)21(31)15-11-17(27)24(35-3)19(28)23(15)34-2/h4-11,20,31H,1-3H3/b21-18+. The number of halogens is 3. The van der Waals surface area contributed by atoms with Gasteiger partial charge in [0.2, 0.25) is 0 Å². The number of aliphatic hydroxyl groups excluding tert-OH is 1. The van der Waals surface area contributed by atoms with Crippen molar-refractivity contribution < 1.29 is 24.2 Å². The SMILES string of the molecule is COc1c(Cl)cc(/C(O)=C2\C(=O)C(=O)N(c3ccc(C)c(Cl)c3)C2c2ccncc2)c(OC)c1Cl. The van der Waals surface area contributed by atoms with Crippen molar-refractivity contribution in [2.45, 2.75) is 13.0 Å². The molecule has 0 spiro atoms. The Morgan fingerprint density at radius 3 is 2.23 bits per heavy atom. The normalized spacial score (nSPS) is 17.1. The molecule has 180 valence electrons. The van der Waals surface area contributed by atoms with Crippen LogP contribution in [0.25, 0.3) is 5.76 Å². The van der Waals surface area contributed by atoms with Crippen LogP contribution in [-0.2, 0) is 9.59 Å². The zero-order valence-electron chi connectivity index (χ0n) is 18.8. The number of nitrogens with zero attached hydrogens (tertiary/aromatic N) is 2. The Balaban J connectivity index is 2.01. The minimum atomic E-state index is -0.985. The van der Waals surface area contributed by atoms with Crippen molar-refractivity contribution in [2.24, 2.45) is 0 Å². The number of carbonyl (C=O) groups is 2. The predicted octanol–water partition coefficient (Wildman–Crippen LogP) is 5.99. The molecule has 3 aromatic rings. The molecule has 4 rings (SSSR count). The largest absolute Gasteiger partial charge is 0.507 e. The second-order valence-electron chi connectivity index (χ2n) is 7.67. The van der Waals surface area contributed by atoms with Gasteiger partial charge >= 0.3 is 0 Å². The Morgan fingerprint density at radius 2 is 1.63 bits per heavy atom. The maximum absolute atomic E-state index is 13.3. The van der Waals surface area contributed by atoms with Crippen LogP contribution in [-0.4, -0.2) is 36.0 Å². The molecule has 7 nitrogen and oxygen atoms in total. The molecule has 1 fully saturated rings. The maximum atomic E-state index is 13.3. The van der Waals surface area contributed by atoms with Gasteiger partial charge in [-0.25, -0.2) is 0 Å². The van der Waals surface area contributed by atoms with Crippen LogP contribution in [0.2, 0.25) is 15.1 Å². The second kappa shape index (κ2) is 9.77. The molecular formula is C25H19Cl3N2O5. The number of anilines is 1. The molecule has 0 radical (unpaired) electrons. The monoisotopic (exact) mass is 532 g/mol. The lowest BCUT2D eigenvalue weighted by molar-refractivity contribution is -0.132. The molecule has 1 aliphatic rings. The number of aromatic nitrogens is 1. The van der Waals surface area contributed by atoms with Crippen LogP contribution in [0, 0.1) is 6.92 Å². The van der Waals surface area contributed by atoms with Gasteiger partial charge in [0, 0.05) is 23.1 Å². The molecule has 1 aliphatic heterocycles. The zero-order valence-corrected chi connectivity index (χ0v) is 21.1. The molecule has 1 unspecified atom stereocenters. The predicted molar refractivity (Wildman–Crippen MR) is 135 cm³/mol. The summed E-state index contributed by atoms with van der Waals surface area (Å²) < 4.78 is 10.6. The van der Waals surface area contributed by atoms with Gasteiger partial charge in [-0.15, -0.1) is 0 Å². The quantitative estimate of drug-likeness (QED) is 0.246. The zero-order chi connectivity index (χ0) is 25.4. The fourth-order valence-corrected chi connectivity index (χ4v) is 4.85. The van der Waals surface area contributed by atoms with Crippen molar-refractivity contribution in [3.8, 4) is 11.5 Å². The van der Waals surface area contributed by atoms with Gasteiger partial charge in [0.1, 0.15) is 10.8 Å². The number of hydrogen-bond acceptors (Lipinski definition) is 6. The summed E-state index contributed by atoms with van der Waals surface area (Å²) in [5.41, 5.74) is 1.60. The molecule has 10 heteroatoms. The van der Waals surface area contributed by atoms with E-state index >= 15 is 0 Å². The van der Waals surface area contributed by atoms with Crippen molar-refractivity contribution >= 4 is 57.9 Å². The number of rotatable bonds is 5. The first kappa shape index (κ1) is 24.9. The Kier molecular flexibility index (Phi) is 6.94. The van der Waals surface area contributed by atoms with E-state index in [4.69, 9.17) is 44.3 Å². The van der Waals surface area contributed by atoms with Gasteiger partial charge in [0.05, 0.1) is 36.4 Å². The van der Waals surface area contributed by atoms with E-state index in [9.17, 15) is 14.7 Å². The summed E-state index contributed by atoms with van der Waals surface area (Å²) in [7, 11) is 2.73. The molecule has 0 bridgehead atoms. The number of Topliss-reactive ketones (excluding diaryl/α,β-unsaturated/α-hetero) is 1. The van der Waals surface area contributed by atoms with Gasteiger partial charge < -0.3 is 14.6 Å². The minimum absolute atomic E-state index is 0.00376. The molecule has 2 heterocycles. The van der Waals surface area contributed by atoms with Crippen molar-refractivity contribution in [2.75, 3.05) is 19.1 Å². The topological polar surface area (TPSA) is 89.0 Å². The second-order valence-corrected chi connectivity index (χ2v) is 8.86. The third-order valence-corrected chi connectivity index (χ3v) is 6.73. The minimum Gasteiger partial charge on any atom is -0.507 e. The molecule has 1 aromatic heterocycles. The highest BCUT2D eigenvalue weighted by molar-refractivity contribution is 6.52. The third kappa shape index (κ3) is 4.20. The van der Waals surface area contributed by atoms with E-state index in [-0.39, 0.29) is 32.7 Å². The number of benzene rings is 2. The summed E-state index contributed by atoms with van der Waals surface area (Å²) in [5, 5.41) is 11.9. The molecule has 0 aliphatic carbocycles. The molecule has 1 saturated heterocycles. The maximum Gasteiger partial charge on any atom is 0.300 e. The molecular weight excluding hydrogens is 515 g/mol. The molecule has 0 saturated carbocycles. The number of hydrogen-bond donors (Lipinski definition) is 1. The van der Waals surface area contributed by atoms with E-state index in [1.165, 1.54) is 37.6 Å². The molecule has 1 N–H and O–H groups in total. The molecule has 35 heavy (non-hydrogen) atoms. The number of ketones is 1. The fraction of sp³-hybridized carbons (Fsp3) is 0.160. The summed E-state index contributed by atoms with van der Waals surface area (Å²) in [6, 6.07) is 8.70. The van der Waals surface area contributed by atoms with Gasteiger partial charge in [-0.1, -0.05) is 40.9 Å². The van der Waals surface area contributed by atoms with E-state index in [1.807, 2.05) is 6.92 Å². The number of pyridine rings is 1. The molecule has 1 atom stereocenters. The van der Waals surface area contributed by atoms with Crippen LogP contribution in [0.1, 0.15) is 22.7 Å². The highest BCUT2D eigenvalue weighted by Gasteiger charge is 2.47. The van der Waals surface area contributed by atoms with Gasteiger partial charge in [-0.3, -0.25) is 19.5 Å². The van der Waals surface area contributed by atoms with Crippen molar-refractivity contribution in [3.05, 3.63) is 86.1 Å². The lowest BCUT2D eigenvalue weighted by atomic mass is 9.95. The van der Waals surface area contributed by atoms with Gasteiger partial charge in [-0.2, -0.15) is 0 Å². The summed E-state index contributed by atoms with van der Waals surface area (Å²) in [5.74, 6) is -2.07. The highest BCUT2D eigenvalue weighted by Crippen LogP contribution is 2.48. The fourth-order valence-electron chi connectivity index (χ4n) is 3.98. The van der Waals surface area contributed by atoms with E-state index in [0.29, 0.717) is 16.3 Å². The summed E-state index contributed by atoms with van der Waals surface area (Å²) >= 11 is 19.0. The molecule has 1 amide bonds. The van der Waals surface area contributed by atoms with Gasteiger partial charge in [0.15, 0.2) is 11.5 Å². The lowest BCUT2D eigenvalue weighted by Gasteiger charge is -2.26. The van der Waals surface area contributed by atoms with Crippen molar-refractivity contribution in [1.82, 2.24) is 4.98 Å². The number of aliphatic hydroxyl groups is 1. The van der Waals surface area contributed by atoms with Gasteiger partial charge in [0.25, 0.3) is 11.7 Å². The number of amides is 1. The Bertz CT molecular complexity index is 1380. The summed E-state index contributed by atoms with van der Waals surface area (Å²) in [6.45, 7) is 1.82. The van der Waals surface area contributed by atoms with E-state index in [2.05, 4.69) is 4.98 Å². The first-order valence-electron chi connectivity index (χ1n) is 10.3. The van der Waals surface area contributed by atoms with Crippen molar-refractivity contribution in [3.63, 3.8) is 0 Å². The summed E-state index contributed by atoms with van der Waals surface area (Å²) in [4.78, 5) is 31.9. The Morgan fingerprint density at radius 1 is 0.971 bits per heavy atom.